The number of hydrogen-bond donors (Lipinski definition) is 1. The molecule has 102 valence electrons. The normalized spacial score (nSPS) is 29.6. The average Bonchev–Trinajstić information content (AvgIpc) is 2.21. The molecule has 3 nitrogen and oxygen atoms in total. The summed E-state index contributed by atoms with van der Waals surface area (Å²) in [4.78, 5) is 2.35. The Morgan fingerprint density at radius 2 is 2.00 bits per heavy atom. The highest BCUT2D eigenvalue weighted by atomic mass is 16.5. The van der Waals surface area contributed by atoms with Crippen molar-refractivity contribution in [3.63, 3.8) is 0 Å². The Labute approximate surface area is 106 Å². The van der Waals surface area contributed by atoms with E-state index in [-0.39, 0.29) is 17.1 Å². The van der Waals surface area contributed by atoms with Crippen LogP contribution in [0.3, 0.4) is 0 Å². The minimum absolute atomic E-state index is 0.132. The Kier molecular flexibility index (Phi) is 4.61. The smallest absolute Gasteiger partial charge is 0.0749 e. The van der Waals surface area contributed by atoms with Crippen LogP contribution in [0.25, 0.3) is 0 Å². The zero-order chi connectivity index (χ0) is 13.3. The van der Waals surface area contributed by atoms with E-state index >= 15 is 0 Å². The standard InChI is InChI=1S/C14H29NO2/c1-13(2)8-7-11(16)9-12(13)15(5)10-14(3,4)17-6/h11-12,16H,7-10H2,1-6H3. The summed E-state index contributed by atoms with van der Waals surface area (Å²) in [6.07, 6.45) is 2.77. The second-order valence-electron chi connectivity index (χ2n) is 6.81. The quantitative estimate of drug-likeness (QED) is 0.822. The minimum Gasteiger partial charge on any atom is -0.393 e. The van der Waals surface area contributed by atoms with Gasteiger partial charge in [0.2, 0.25) is 0 Å². The molecular weight excluding hydrogens is 214 g/mol. The molecule has 2 unspecified atom stereocenters. The second kappa shape index (κ2) is 5.25. The lowest BCUT2D eigenvalue weighted by molar-refractivity contribution is -0.0510. The fourth-order valence-corrected chi connectivity index (χ4v) is 2.95. The lowest BCUT2D eigenvalue weighted by Gasteiger charge is -2.47. The van der Waals surface area contributed by atoms with Crippen molar-refractivity contribution in [2.45, 2.75) is 64.7 Å². The van der Waals surface area contributed by atoms with E-state index in [4.69, 9.17) is 4.74 Å². The molecule has 0 aliphatic heterocycles. The molecule has 1 fully saturated rings. The van der Waals surface area contributed by atoms with Crippen molar-refractivity contribution in [3.05, 3.63) is 0 Å². The Hall–Kier alpha value is -0.120. The van der Waals surface area contributed by atoms with Crippen LogP contribution in [-0.2, 0) is 4.74 Å². The van der Waals surface area contributed by atoms with Crippen LogP contribution in [0.1, 0.15) is 47.0 Å². The van der Waals surface area contributed by atoms with Crippen LogP contribution in [0.5, 0.6) is 0 Å². The van der Waals surface area contributed by atoms with Crippen LogP contribution in [0, 0.1) is 5.41 Å². The lowest BCUT2D eigenvalue weighted by Crippen LogP contribution is -2.52. The molecule has 0 aromatic carbocycles. The van der Waals surface area contributed by atoms with Crippen molar-refractivity contribution in [3.8, 4) is 0 Å². The van der Waals surface area contributed by atoms with Gasteiger partial charge in [-0.05, 0) is 45.6 Å². The van der Waals surface area contributed by atoms with Gasteiger partial charge in [0.05, 0.1) is 11.7 Å². The number of aliphatic hydroxyl groups is 1. The van der Waals surface area contributed by atoms with E-state index < -0.39 is 0 Å². The molecule has 1 N–H and O–H groups in total. The van der Waals surface area contributed by atoms with E-state index in [1.54, 1.807) is 7.11 Å². The maximum Gasteiger partial charge on any atom is 0.0749 e. The van der Waals surface area contributed by atoms with E-state index in [1.165, 1.54) is 0 Å². The van der Waals surface area contributed by atoms with Crippen molar-refractivity contribution in [2.75, 3.05) is 20.7 Å². The topological polar surface area (TPSA) is 32.7 Å². The number of rotatable bonds is 4. The Bertz CT molecular complexity index is 251. The zero-order valence-electron chi connectivity index (χ0n) is 12.3. The molecular formula is C14H29NO2. The number of hydrogen-bond acceptors (Lipinski definition) is 3. The van der Waals surface area contributed by atoms with Crippen LogP contribution in [0.2, 0.25) is 0 Å². The summed E-state index contributed by atoms with van der Waals surface area (Å²) in [6.45, 7) is 9.72. The molecule has 1 rings (SSSR count). The summed E-state index contributed by atoms with van der Waals surface area (Å²) in [5.74, 6) is 0. The van der Waals surface area contributed by atoms with Gasteiger partial charge in [-0.1, -0.05) is 13.8 Å². The van der Waals surface area contributed by atoms with Gasteiger partial charge in [-0.25, -0.2) is 0 Å². The molecule has 1 aliphatic rings. The highest BCUT2D eigenvalue weighted by Crippen LogP contribution is 2.38. The van der Waals surface area contributed by atoms with Crippen LogP contribution in [0.15, 0.2) is 0 Å². The van der Waals surface area contributed by atoms with Crippen molar-refractivity contribution >= 4 is 0 Å². The predicted octanol–water partition coefficient (Wildman–Crippen LogP) is 2.28. The molecule has 1 aliphatic carbocycles. The maximum absolute atomic E-state index is 9.86. The van der Waals surface area contributed by atoms with E-state index in [0.717, 1.165) is 25.8 Å². The van der Waals surface area contributed by atoms with Gasteiger partial charge in [0, 0.05) is 19.7 Å². The third-order valence-corrected chi connectivity index (χ3v) is 4.23. The van der Waals surface area contributed by atoms with Crippen molar-refractivity contribution in [2.24, 2.45) is 5.41 Å². The van der Waals surface area contributed by atoms with Gasteiger partial charge < -0.3 is 9.84 Å². The second-order valence-corrected chi connectivity index (χ2v) is 6.81. The maximum atomic E-state index is 9.86. The molecule has 0 amide bonds. The number of likely N-dealkylation sites (N-methyl/N-ethyl adjacent to an activating group) is 1. The average molecular weight is 243 g/mol. The van der Waals surface area contributed by atoms with E-state index in [1.807, 2.05) is 0 Å². The summed E-state index contributed by atoms with van der Waals surface area (Å²) >= 11 is 0. The van der Waals surface area contributed by atoms with Gasteiger partial charge in [-0.3, -0.25) is 4.90 Å². The van der Waals surface area contributed by atoms with Crippen molar-refractivity contribution in [1.82, 2.24) is 4.90 Å². The van der Waals surface area contributed by atoms with Gasteiger partial charge in [-0.2, -0.15) is 0 Å². The summed E-state index contributed by atoms with van der Waals surface area (Å²) < 4.78 is 5.49. The van der Waals surface area contributed by atoms with Crippen LogP contribution >= 0.6 is 0 Å². The zero-order valence-corrected chi connectivity index (χ0v) is 12.3. The summed E-state index contributed by atoms with van der Waals surface area (Å²) in [6, 6.07) is 0.431. The predicted molar refractivity (Wildman–Crippen MR) is 71.1 cm³/mol. The van der Waals surface area contributed by atoms with Gasteiger partial charge in [0.15, 0.2) is 0 Å². The van der Waals surface area contributed by atoms with E-state index in [2.05, 4.69) is 39.6 Å². The van der Waals surface area contributed by atoms with Crippen LogP contribution in [0.4, 0.5) is 0 Å². The Morgan fingerprint density at radius 3 is 2.53 bits per heavy atom. The molecule has 0 saturated heterocycles. The first-order valence-corrected chi connectivity index (χ1v) is 6.61. The molecule has 17 heavy (non-hydrogen) atoms. The van der Waals surface area contributed by atoms with E-state index in [0.29, 0.717) is 6.04 Å². The molecule has 1 saturated carbocycles. The molecule has 0 spiro atoms. The monoisotopic (exact) mass is 243 g/mol. The first kappa shape index (κ1) is 14.9. The Morgan fingerprint density at radius 1 is 1.41 bits per heavy atom. The fourth-order valence-electron chi connectivity index (χ4n) is 2.95. The number of nitrogens with zero attached hydrogens (tertiary/aromatic N) is 1. The van der Waals surface area contributed by atoms with Gasteiger partial charge >= 0.3 is 0 Å². The third kappa shape index (κ3) is 3.94. The van der Waals surface area contributed by atoms with E-state index in [9.17, 15) is 5.11 Å². The van der Waals surface area contributed by atoms with Gasteiger partial charge in [0.1, 0.15) is 0 Å². The lowest BCUT2D eigenvalue weighted by atomic mass is 9.71. The highest BCUT2D eigenvalue weighted by molar-refractivity contribution is 4.93. The largest absolute Gasteiger partial charge is 0.393 e. The summed E-state index contributed by atoms with van der Waals surface area (Å²) in [5, 5.41) is 9.86. The van der Waals surface area contributed by atoms with Crippen LogP contribution < -0.4 is 0 Å². The molecule has 0 heterocycles. The number of aliphatic hydroxyl groups excluding tert-OH is 1. The van der Waals surface area contributed by atoms with Crippen molar-refractivity contribution in [1.29, 1.82) is 0 Å². The molecule has 0 radical (unpaired) electrons. The highest BCUT2D eigenvalue weighted by Gasteiger charge is 2.39. The third-order valence-electron chi connectivity index (χ3n) is 4.23. The number of methoxy groups -OCH3 is 1. The van der Waals surface area contributed by atoms with Gasteiger partial charge in [-0.15, -0.1) is 0 Å². The Balaban J connectivity index is 2.68. The van der Waals surface area contributed by atoms with Gasteiger partial charge in [0.25, 0.3) is 0 Å². The fraction of sp³-hybridized carbons (Fsp3) is 1.00. The molecule has 0 aromatic heterocycles. The summed E-state index contributed by atoms with van der Waals surface area (Å²) in [7, 11) is 3.90. The summed E-state index contributed by atoms with van der Waals surface area (Å²) in [5.41, 5.74) is 0.144. The minimum atomic E-state index is -0.138. The first-order chi connectivity index (χ1) is 7.68. The first-order valence-electron chi connectivity index (χ1n) is 6.61. The van der Waals surface area contributed by atoms with Crippen molar-refractivity contribution < 1.29 is 9.84 Å². The molecule has 0 bridgehead atoms. The molecule has 2 atom stereocenters. The number of ether oxygens (including phenoxy) is 1. The SMILES string of the molecule is COC(C)(C)CN(C)C1CC(O)CCC1(C)C. The molecule has 3 heteroatoms. The van der Waals surface area contributed by atoms with Crippen LogP contribution in [-0.4, -0.2) is 48.5 Å². The molecule has 0 aromatic rings.